The molecule has 0 aromatic heterocycles. The third-order valence-electron chi connectivity index (χ3n) is 4.66. The quantitative estimate of drug-likeness (QED) is 0.847. The first kappa shape index (κ1) is 15.4. The van der Waals surface area contributed by atoms with E-state index in [4.69, 9.17) is 11.6 Å². The van der Waals surface area contributed by atoms with Crippen LogP contribution in [0.15, 0.2) is 24.3 Å². The Morgan fingerprint density at radius 3 is 2.65 bits per heavy atom. The molecule has 0 saturated heterocycles. The van der Waals surface area contributed by atoms with Gasteiger partial charge in [0.1, 0.15) is 0 Å². The van der Waals surface area contributed by atoms with Crippen molar-refractivity contribution in [2.45, 2.75) is 45.4 Å². The van der Waals surface area contributed by atoms with Crippen molar-refractivity contribution in [2.75, 3.05) is 0 Å². The summed E-state index contributed by atoms with van der Waals surface area (Å²) in [6.45, 7) is 2.21. The van der Waals surface area contributed by atoms with Gasteiger partial charge in [-0.1, -0.05) is 49.9 Å². The summed E-state index contributed by atoms with van der Waals surface area (Å²) in [4.78, 5) is 11.6. The Morgan fingerprint density at radius 2 is 2.05 bits per heavy atom. The minimum absolute atomic E-state index is 0.259. The van der Waals surface area contributed by atoms with Crippen molar-refractivity contribution in [3.8, 4) is 0 Å². The first-order valence-corrected chi connectivity index (χ1v) is 7.95. The normalized spacial score (nSPS) is 24.3. The Hall–Kier alpha value is -1.02. The van der Waals surface area contributed by atoms with Crippen molar-refractivity contribution in [2.24, 2.45) is 17.8 Å². The molecule has 1 fully saturated rings. The summed E-state index contributed by atoms with van der Waals surface area (Å²) in [5, 5.41) is 10.3. The molecule has 0 spiro atoms. The average molecular weight is 295 g/mol. The van der Waals surface area contributed by atoms with E-state index in [1.54, 1.807) is 0 Å². The molecular formula is C17H23ClO2. The van der Waals surface area contributed by atoms with Crippen LogP contribution in [-0.2, 0) is 11.2 Å². The lowest BCUT2D eigenvalue weighted by Gasteiger charge is -2.32. The molecule has 0 amide bonds. The van der Waals surface area contributed by atoms with Gasteiger partial charge in [0.05, 0.1) is 5.92 Å². The van der Waals surface area contributed by atoms with Crippen LogP contribution in [0.2, 0.25) is 5.02 Å². The first-order valence-electron chi connectivity index (χ1n) is 7.57. The van der Waals surface area contributed by atoms with Crippen LogP contribution >= 0.6 is 11.6 Å². The molecule has 20 heavy (non-hydrogen) atoms. The predicted octanol–water partition coefficient (Wildman–Crippen LogP) is 4.80. The van der Waals surface area contributed by atoms with E-state index in [1.807, 2.05) is 24.3 Å². The van der Waals surface area contributed by atoms with E-state index in [2.05, 4.69) is 6.92 Å². The molecule has 1 saturated carbocycles. The second-order valence-corrected chi connectivity index (χ2v) is 6.41. The van der Waals surface area contributed by atoms with Crippen LogP contribution in [0, 0.1) is 17.8 Å². The zero-order chi connectivity index (χ0) is 14.5. The van der Waals surface area contributed by atoms with Gasteiger partial charge in [0, 0.05) is 5.02 Å². The van der Waals surface area contributed by atoms with Gasteiger partial charge in [-0.25, -0.2) is 0 Å². The third-order valence-corrected chi connectivity index (χ3v) is 4.91. The minimum Gasteiger partial charge on any atom is -0.481 e. The maximum Gasteiger partial charge on any atom is 0.307 e. The van der Waals surface area contributed by atoms with Crippen molar-refractivity contribution in [1.82, 2.24) is 0 Å². The van der Waals surface area contributed by atoms with Gasteiger partial charge in [0.15, 0.2) is 0 Å². The molecule has 1 N–H and O–H groups in total. The summed E-state index contributed by atoms with van der Waals surface area (Å²) >= 11 is 5.88. The number of carboxylic acids is 1. The molecule has 0 aliphatic heterocycles. The molecule has 0 bridgehead atoms. The SMILES string of the molecule is CCC1CCCC(C(Cc2ccc(Cl)cc2)C(=O)O)C1. The highest BCUT2D eigenvalue weighted by Gasteiger charge is 2.32. The van der Waals surface area contributed by atoms with Crippen molar-refractivity contribution in [3.05, 3.63) is 34.9 Å². The average Bonchev–Trinajstić information content (AvgIpc) is 2.46. The molecule has 1 aliphatic rings. The summed E-state index contributed by atoms with van der Waals surface area (Å²) < 4.78 is 0. The Labute approximate surface area is 126 Å². The van der Waals surface area contributed by atoms with E-state index < -0.39 is 5.97 Å². The largest absolute Gasteiger partial charge is 0.481 e. The second kappa shape index (κ2) is 7.12. The van der Waals surface area contributed by atoms with Gasteiger partial charge in [-0.3, -0.25) is 4.79 Å². The van der Waals surface area contributed by atoms with Crippen molar-refractivity contribution in [3.63, 3.8) is 0 Å². The lowest BCUT2D eigenvalue weighted by Crippen LogP contribution is -2.30. The van der Waals surface area contributed by atoms with Crippen LogP contribution in [0.25, 0.3) is 0 Å². The lowest BCUT2D eigenvalue weighted by atomic mass is 9.72. The Kier molecular flexibility index (Phi) is 5.47. The number of benzene rings is 1. The van der Waals surface area contributed by atoms with Gasteiger partial charge in [0.2, 0.25) is 0 Å². The summed E-state index contributed by atoms with van der Waals surface area (Å²) in [5.74, 6) is 0.120. The molecule has 0 heterocycles. The Morgan fingerprint density at radius 1 is 1.35 bits per heavy atom. The molecule has 2 nitrogen and oxygen atoms in total. The molecule has 0 radical (unpaired) electrons. The van der Waals surface area contributed by atoms with Gasteiger partial charge in [-0.15, -0.1) is 0 Å². The van der Waals surface area contributed by atoms with Crippen LogP contribution in [0.4, 0.5) is 0 Å². The van der Waals surface area contributed by atoms with E-state index in [-0.39, 0.29) is 5.92 Å². The summed E-state index contributed by atoms with van der Waals surface area (Å²) in [6, 6.07) is 7.56. The van der Waals surface area contributed by atoms with E-state index in [9.17, 15) is 9.90 Å². The standard InChI is InChI=1S/C17H23ClO2/c1-2-12-4-3-5-14(10-12)16(17(19)20)11-13-6-8-15(18)9-7-13/h6-9,12,14,16H,2-5,10-11H2,1H3,(H,19,20). The smallest absolute Gasteiger partial charge is 0.307 e. The molecule has 110 valence electrons. The van der Waals surface area contributed by atoms with Crippen LogP contribution < -0.4 is 0 Å². The number of hydrogen-bond acceptors (Lipinski definition) is 1. The van der Waals surface area contributed by atoms with Crippen molar-refractivity contribution in [1.29, 1.82) is 0 Å². The van der Waals surface area contributed by atoms with E-state index in [0.717, 1.165) is 18.4 Å². The molecule has 1 aromatic carbocycles. The molecular weight excluding hydrogens is 272 g/mol. The Balaban J connectivity index is 2.06. The fourth-order valence-electron chi connectivity index (χ4n) is 3.40. The molecule has 1 aliphatic carbocycles. The molecule has 2 rings (SSSR count). The zero-order valence-corrected chi connectivity index (χ0v) is 12.8. The van der Waals surface area contributed by atoms with Gasteiger partial charge in [-0.05, 0) is 48.8 Å². The maximum absolute atomic E-state index is 11.6. The number of hydrogen-bond donors (Lipinski definition) is 1. The van der Waals surface area contributed by atoms with Gasteiger partial charge in [0.25, 0.3) is 0 Å². The molecule has 3 unspecified atom stereocenters. The van der Waals surface area contributed by atoms with Crippen LogP contribution in [0.3, 0.4) is 0 Å². The van der Waals surface area contributed by atoms with Crippen molar-refractivity contribution < 1.29 is 9.90 Å². The summed E-state index contributed by atoms with van der Waals surface area (Å²) in [5.41, 5.74) is 1.07. The highest BCUT2D eigenvalue weighted by Crippen LogP contribution is 2.36. The van der Waals surface area contributed by atoms with E-state index in [1.165, 1.54) is 19.3 Å². The highest BCUT2D eigenvalue weighted by molar-refractivity contribution is 6.30. The summed E-state index contributed by atoms with van der Waals surface area (Å²) in [6.07, 6.45) is 6.35. The first-order chi connectivity index (χ1) is 9.60. The number of rotatable bonds is 5. The topological polar surface area (TPSA) is 37.3 Å². The fourth-order valence-corrected chi connectivity index (χ4v) is 3.52. The minimum atomic E-state index is -0.651. The molecule has 3 heteroatoms. The number of aliphatic carboxylic acids is 1. The fraction of sp³-hybridized carbons (Fsp3) is 0.588. The maximum atomic E-state index is 11.6. The lowest BCUT2D eigenvalue weighted by molar-refractivity contribution is -0.144. The number of halogens is 1. The van der Waals surface area contributed by atoms with Gasteiger partial charge in [-0.2, -0.15) is 0 Å². The number of carboxylic acid groups (broad SMARTS) is 1. The van der Waals surface area contributed by atoms with Crippen LogP contribution in [-0.4, -0.2) is 11.1 Å². The predicted molar refractivity (Wildman–Crippen MR) is 82.0 cm³/mol. The van der Waals surface area contributed by atoms with Gasteiger partial charge < -0.3 is 5.11 Å². The molecule has 3 atom stereocenters. The van der Waals surface area contributed by atoms with E-state index >= 15 is 0 Å². The number of carbonyl (C=O) groups is 1. The summed E-state index contributed by atoms with van der Waals surface area (Å²) in [7, 11) is 0. The van der Waals surface area contributed by atoms with Crippen LogP contribution in [0.5, 0.6) is 0 Å². The van der Waals surface area contributed by atoms with Crippen LogP contribution in [0.1, 0.15) is 44.6 Å². The third kappa shape index (κ3) is 3.99. The van der Waals surface area contributed by atoms with Crippen molar-refractivity contribution >= 4 is 17.6 Å². The van der Waals surface area contributed by atoms with Gasteiger partial charge >= 0.3 is 5.97 Å². The highest BCUT2D eigenvalue weighted by atomic mass is 35.5. The zero-order valence-electron chi connectivity index (χ0n) is 12.0. The Bertz CT molecular complexity index is 441. The monoisotopic (exact) mass is 294 g/mol. The van der Waals surface area contributed by atoms with E-state index in [0.29, 0.717) is 23.3 Å². The second-order valence-electron chi connectivity index (χ2n) is 5.98. The molecule has 1 aromatic rings.